The highest BCUT2D eigenvalue weighted by molar-refractivity contribution is 7.90. The molecule has 10 nitrogen and oxygen atoms in total. The molecule has 0 radical (unpaired) electrons. The predicted octanol–water partition coefficient (Wildman–Crippen LogP) is 3.00. The molecule has 200 valence electrons. The Morgan fingerprint density at radius 1 is 0.923 bits per heavy atom. The molecule has 4 aromatic rings. The first kappa shape index (κ1) is 26.3. The van der Waals surface area contributed by atoms with Crippen LogP contribution in [-0.4, -0.2) is 55.0 Å². The van der Waals surface area contributed by atoms with Crippen LogP contribution < -0.4 is 5.73 Å². The highest BCUT2D eigenvalue weighted by Crippen LogP contribution is 2.41. The van der Waals surface area contributed by atoms with E-state index in [-0.39, 0.29) is 16.0 Å². The summed E-state index contributed by atoms with van der Waals surface area (Å²) in [4.78, 5) is 40.5. The quantitative estimate of drug-likeness (QED) is 0.335. The third-order valence-corrected chi connectivity index (χ3v) is 8.64. The van der Waals surface area contributed by atoms with Gasteiger partial charge in [-0.2, -0.15) is 0 Å². The van der Waals surface area contributed by atoms with E-state index < -0.39 is 39.6 Å². The first-order valence-electron chi connectivity index (χ1n) is 11.9. The van der Waals surface area contributed by atoms with Crippen LogP contribution in [0.15, 0.2) is 83.9 Å². The largest absolute Gasteiger partial charge is 0.371 e. The number of rotatable bonds is 8. The van der Waals surface area contributed by atoms with E-state index in [4.69, 9.17) is 15.2 Å². The Kier molecular flexibility index (Phi) is 6.37. The molecular formula is C28H25N3O7S. The molecule has 39 heavy (non-hydrogen) atoms. The molecule has 3 aromatic carbocycles. The molecule has 0 fully saturated rings. The normalized spacial score (nSPS) is 15.8. The highest BCUT2D eigenvalue weighted by atomic mass is 32.2. The van der Waals surface area contributed by atoms with Crippen LogP contribution in [0.1, 0.15) is 37.9 Å². The van der Waals surface area contributed by atoms with Crippen molar-refractivity contribution in [3.05, 3.63) is 101 Å². The Labute approximate surface area is 224 Å². The van der Waals surface area contributed by atoms with Gasteiger partial charge in [0.05, 0.1) is 21.5 Å². The second-order valence-corrected chi connectivity index (χ2v) is 10.9. The molecular weight excluding hydrogens is 522 g/mol. The molecule has 2 heterocycles. The summed E-state index contributed by atoms with van der Waals surface area (Å²) < 4.78 is 39.0. The summed E-state index contributed by atoms with van der Waals surface area (Å²) in [5, 5.41) is 0.502. The number of nitrogens with zero attached hydrogens (tertiary/aromatic N) is 2. The number of ether oxygens (including phenoxy) is 2. The second-order valence-electron chi connectivity index (χ2n) is 9.12. The minimum Gasteiger partial charge on any atom is -0.371 e. The molecule has 3 amide bonds. The lowest BCUT2D eigenvalue weighted by atomic mass is 9.94. The fourth-order valence-corrected chi connectivity index (χ4v) is 6.35. The van der Waals surface area contributed by atoms with Gasteiger partial charge in [-0.25, -0.2) is 17.3 Å². The van der Waals surface area contributed by atoms with E-state index in [1.54, 1.807) is 42.5 Å². The fraction of sp³-hybridized carbons (Fsp3) is 0.179. The van der Waals surface area contributed by atoms with E-state index in [1.165, 1.54) is 43.6 Å². The topological polar surface area (TPSA) is 138 Å². The maximum absolute atomic E-state index is 13.3. The summed E-state index contributed by atoms with van der Waals surface area (Å²) in [6.07, 6.45) is 0.0800. The molecule has 11 heteroatoms. The molecule has 0 bridgehead atoms. The molecule has 1 aromatic heterocycles. The van der Waals surface area contributed by atoms with Crippen LogP contribution >= 0.6 is 0 Å². The van der Waals surface area contributed by atoms with E-state index in [1.807, 2.05) is 6.92 Å². The number of aromatic nitrogens is 1. The van der Waals surface area contributed by atoms with Gasteiger partial charge in [0.1, 0.15) is 6.10 Å². The first-order valence-corrected chi connectivity index (χ1v) is 13.3. The number of methoxy groups -OCH3 is 2. The summed E-state index contributed by atoms with van der Waals surface area (Å²) in [5.41, 5.74) is 5.31. The van der Waals surface area contributed by atoms with Crippen molar-refractivity contribution in [3.63, 3.8) is 0 Å². The molecule has 2 N–H and O–H groups in total. The number of aryl methyl sites for hydroxylation is 1. The second kappa shape index (κ2) is 9.45. The average Bonchev–Trinajstić information content (AvgIpc) is 3.47. The molecule has 1 aliphatic rings. The van der Waals surface area contributed by atoms with Crippen molar-refractivity contribution in [1.82, 2.24) is 8.87 Å². The van der Waals surface area contributed by atoms with Crippen LogP contribution in [0.3, 0.4) is 0 Å². The fourth-order valence-electron chi connectivity index (χ4n) is 5.00. The molecule has 0 aliphatic carbocycles. The lowest BCUT2D eigenvalue weighted by molar-refractivity contribution is -0.189. The first-order chi connectivity index (χ1) is 18.6. The van der Waals surface area contributed by atoms with Crippen molar-refractivity contribution in [2.45, 2.75) is 23.6 Å². The number of carbonyl (C=O) groups is 3. The predicted molar refractivity (Wildman–Crippen MR) is 141 cm³/mol. The number of carbonyl (C=O) groups excluding carboxylic acids is 3. The zero-order valence-electron chi connectivity index (χ0n) is 21.3. The zero-order valence-corrected chi connectivity index (χ0v) is 22.1. The summed E-state index contributed by atoms with van der Waals surface area (Å²) in [6.45, 7) is 1.86. The van der Waals surface area contributed by atoms with Crippen molar-refractivity contribution >= 4 is 38.6 Å². The van der Waals surface area contributed by atoms with Crippen LogP contribution in [-0.2, 0) is 24.3 Å². The lowest BCUT2D eigenvalue weighted by Crippen LogP contribution is -2.64. The van der Waals surface area contributed by atoms with Gasteiger partial charge in [0.25, 0.3) is 33.5 Å². The average molecular weight is 548 g/mol. The lowest BCUT2D eigenvalue weighted by Gasteiger charge is -2.41. The van der Waals surface area contributed by atoms with Gasteiger partial charge in [-0.1, -0.05) is 35.9 Å². The molecule has 0 saturated carbocycles. The summed E-state index contributed by atoms with van der Waals surface area (Å²) in [5.74, 6) is -2.63. The molecule has 5 rings (SSSR count). The molecule has 0 saturated heterocycles. The highest BCUT2D eigenvalue weighted by Gasteiger charge is 2.59. The summed E-state index contributed by atoms with van der Waals surface area (Å²) >= 11 is 0. The number of benzene rings is 3. The Bertz CT molecular complexity index is 1710. The molecule has 1 aliphatic heterocycles. The van der Waals surface area contributed by atoms with Crippen molar-refractivity contribution in [3.8, 4) is 0 Å². The van der Waals surface area contributed by atoms with Gasteiger partial charge in [-0.05, 0) is 55.0 Å². The third-order valence-electron chi connectivity index (χ3n) is 6.94. The minimum atomic E-state index is -3.89. The van der Waals surface area contributed by atoms with Gasteiger partial charge in [0.2, 0.25) is 0 Å². The van der Waals surface area contributed by atoms with E-state index in [9.17, 15) is 22.8 Å². The van der Waals surface area contributed by atoms with Crippen LogP contribution in [0.4, 0.5) is 0 Å². The van der Waals surface area contributed by atoms with E-state index in [0.717, 1.165) is 16.6 Å². The van der Waals surface area contributed by atoms with Gasteiger partial charge in [-0.3, -0.25) is 14.4 Å². The molecule has 0 spiro atoms. The Morgan fingerprint density at radius 3 is 2.08 bits per heavy atom. The smallest absolute Gasteiger partial charge is 0.274 e. The standard InChI is InChI=1S/C28H25N3O7S/c1-17-8-11-20(12-9-17)39(35,36)30-15-14-18-16-19(10-13-23(18)30)24(37-2)28(38-3,27(29)34)31-25(32)21-6-4-5-7-22(21)26(31)33/h4-16,24H,1-3H3,(H2,29,34)/t24?,28-/m0/s1. The van der Waals surface area contributed by atoms with Crippen LogP contribution in [0.25, 0.3) is 10.9 Å². The Morgan fingerprint density at radius 2 is 1.54 bits per heavy atom. The SMILES string of the molecule is COC(c1ccc2c(ccn2S(=O)(=O)c2ccc(C)cc2)c1)[C@](OC)(C(N)=O)N1C(=O)c2ccccc2C1=O. The number of amides is 3. The Hall–Kier alpha value is -4.32. The van der Waals surface area contributed by atoms with Crippen LogP contribution in [0.5, 0.6) is 0 Å². The summed E-state index contributed by atoms with van der Waals surface area (Å²) in [7, 11) is -1.45. The number of primary amides is 1. The zero-order chi connectivity index (χ0) is 28.1. The van der Waals surface area contributed by atoms with Gasteiger partial charge in [0, 0.05) is 25.8 Å². The minimum absolute atomic E-state index is 0.105. The number of nitrogens with two attached hydrogens (primary N) is 1. The van der Waals surface area contributed by atoms with E-state index >= 15 is 0 Å². The maximum atomic E-state index is 13.3. The number of imide groups is 1. The van der Waals surface area contributed by atoms with Crippen LogP contribution in [0, 0.1) is 6.92 Å². The van der Waals surface area contributed by atoms with Gasteiger partial charge in [0.15, 0.2) is 0 Å². The maximum Gasteiger partial charge on any atom is 0.274 e. The van der Waals surface area contributed by atoms with Gasteiger partial charge >= 0.3 is 0 Å². The van der Waals surface area contributed by atoms with Crippen molar-refractivity contribution < 1.29 is 32.3 Å². The molecule has 2 atom stereocenters. The third kappa shape index (κ3) is 3.85. The van der Waals surface area contributed by atoms with Gasteiger partial charge < -0.3 is 15.2 Å². The van der Waals surface area contributed by atoms with Crippen molar-refractivity contribution in [1.29, 1.82) is 0 Å². The van der Waals surface area contributed by atoms with Gasteiger partial charge in [-0.15, -0.1) is 0 Å². The summed E-state index contributed by atoms with van der Waals surface area (Å²) in [6, 6.07) is 18.9. The number of hydrogen-bond acceptors (Lipinski definition) is 7. The number of fused-ring (bicyclic) bond motifs is 2. The van der Waals surface area contributed by atoms with E-state index in [0.29, 0.717) is 21.4 Å². The number of hydrogen-bond donors (Lipinski definition) is 1. The Balaban J connectivity index is 1.61. The van der Waals surface area contributed by atoms with E-state index in [2.05, 4.69) is 0 Å². The van der Waals surface area contributed by atoms with Crippen molar-refractivity contribution in [2.75, 3.05) is 14.2 Å². The molecule has 1 unspecified atom stereocenters. The van der Waals surface area contributed by atoms with Crippen LogP contribution in [0.2, 0.25) is 0 Å². The van der Waals surface area contributed by atoms with Crippen molar-refractivity contribution in [2.24, 2.45) is 5.73 Å². The monoisotopic (exact) mass is 547 g/mol.